The van der Waals surface area contributed by atoms with Crippen molar-refractivity contribution in [2.24, 2.45) is 5.92 Å². The summed E-state index contributed by atoms with van der Waals surface area (Å²) in [6.07, 6.45) is 2.71. The summed E-state index contributed by atoms with van der Waals surface area (Å²) >= 11 is 0. The molecule has 0 aromatic carbocycles. The minimum atomic E-state index is -0.191. The molecule has 3 heteroatoms. The Hall–Kier alpha value is -0.150. The maximum Gasteiger partial charge on any atom is 0.102 e. The first kappa shape index (κ1) is 8.45. The van der Waals surface area contributed by atoms with Crippen LogP contribution in [0.2, 0.25) is 0 Å². The predicted molar refractivity (Wildman–Crippen MR) is 46.9 cm³/mol. The van der Waals surface area contributed by atoms with Crippen LogP contribution in [0.25, 0.3) is 0 Å². The van der Waals surface area contributed by atoms with E-state index in [-0.39, 0.29) is 6.67 Å². The number of piperazine rings is 1. The molecule has 0 aromatic heterocycles. The highest BCUT2D eigenvalue weighted by molar-refractivity contribution is 4.91. The molecule has 0 aromatic rings. The quantitative estimate of drug-likeness (QED) is 0.672. The Morgan fingerprint density at radius 1 is 1.42 bits per heavy atom. The number of nitrogens with one attached hydrogen (secondary N) is 1. The van der Waals surface area contributed by atoms with Gasteiger partial charge in [-0.3, -0.25) is 4.90 Å². The molecule has 0 bridgehead atoms. The largest absolute Gasteiger partial charge is 0.314 e. The van der Waals surface area contributed by atoms with Crippen molar-refractivity contribution in [1.29, 1.82) is 0 Å². The molecule has 70 valence electrons. The average molecular weight is 172 g/mol. The lowest BCUT2D eigenvalue weighted by atomic mass is 10.1. The van der Waals surface area contributed by atoms with E-state index >= 15 is 0 Å². The van der Waals surface area contributed by atoms with Crippen molar-refractivity contribution in [1.82, 2.24) is 10.2 Å². The van der Waals surface area contributed by atoms with Gasteiger partial charge in [0.1, 0.15) is 6.67 Å². The molecule has 1 aliphatic heterocycles. The summed E-state index contributed by atoms with van der Waals surface area (Å²) in [6.45, 7) is 3.59. The van der Waals surface area contributed by atoms with Crippen LogP contribution in [0.3, 0.4) is 0 Å². The van der Waals surface area contributed by atoms with Crippen molar-refractivity contribution in [3.8, 4) is 0 Å². The van der Waals surface area contributed by atoms with E-state index in [1.165, 1.54) is 12.8 Å². The van der Waals surface area contributed by atoms with Gasteiger partial charge in [0.2, 0.25) is 0 Å². The van der Waals surface area contributed by atoms with Gasteiger partial charge in [0.05, 0.1) is 0 Å². The van der Waals surface area contributed by atoms with Crippen LogP contribution in [0.15, 0.2) is 0 Å². The summed E-state index contributed by atoms with van der Waals surface area (Å²) in [5.74, 6) is 0.865. The molecule has 2 rings (SSSR count). The molecular formula is C9H17FN2. The third kappa shape index (κ3) is 1.77. The maximum atomic E-state index is 12.2. The first-order valence-electron chi connectivity index (χ1n) is 4.92. The molecule has 1 unspecified atom stereocenters. The number of hydrogen-bond donors (Lipinski definition) is 1. The van der Waals surface area contributed by atoms with E-state index in [2.05, 4.69) is 10.2 Å². The molecule has 2 nitrogen and oxygen atoms in total. The Morgan fingerprint density at radius 3 is 2.92 bits per heavy atom. The first-order chi connectivity index (χ1) is 5.92. The summed E-state index contributed by atoms with van der Waals surface area (Å²) in [6, 6.07) is 0.634. The Labute approximate surface area is 73.1 Å². The van der Waals surface area contributed by atoms with Gasteiger partial charge in [0, 0.05) is 32.2 Å². The molecule has 2 aliphatic rings. The van der Waals surface area contributed by atoms with Crippen LogP contribution in [0, 0.1) is 5.92 Å². The van der Waals surface area contributed by atoms with Gasteiger partial charge < -0.3 is 5.32 Å². The Morgan fingerprint density at radius 2 is 2.25 bits per heavy atom. The van der Waals surface area contributed by atoms with Crippen molar-refractivity contribution in [2.45, 2.75) is 18.9 Å². The normalized spacial score (nSPS) is 32.2. The van der Waals surface area contributed by atoms with Crippen molar-refractivity contribution in [3.05, 3.63) is 0 Å². The fraction of sp³-hybridized carbons (Fsp3) is 1.00. The predicted octanol–water partition coefficient (Wildman–Crippen LogP) is 0.640. The fourth-order valence-corrected chi connectivity index (χ4v) is 2.10. The molecule has 1 N–H and O–H groups in total. The minimum Gasteiger partial charge on any atom is -0.314 e. The number of hydrogen-bond acceptors (Lipinski definition) is 2. The topological polar surface area (TPSA) is 15.3 Å². The van der Waals surface area contributed by atoms with Crippen molar-refractivity contribution in [3.63, 3.8) is 0 Å². The smallest absolute Gasteiger partial charge is 0.102 e. The number of halogens is 1. The molecule has 12 heavy (non-hydrogen) atoms. The van der Waals surface area contributed by atoms with Gasteiger partial charge in [-0.2, -0.15) is 0 Å². The van der Waals surface area contributed by atoms with Crippen LogP contribution in [0.5, 0.6) is 0 Å². The van der Waals surface area contributed by atoms with Gasteiger partial charge >= 0.3 is 0 Å². The van der Waals surface area contributed by atoms with Crippen LogP contribution < -0.4 is 5.32 Å². The monoisotopic (exact) mass is 172 g/mol. The second kappa shape index (κ2) is 3.71. The number of nitrogens with zero attached hydrogens (tertiary/aromatic N) is 1. The van der Waals surface area contributed by atoms with E-state index in [0.29, 0.717) is 12.6 Å². The van der Waals surface area contributed by atoms with Gasteiger partial charge in [-0.1, -0.05) is 0 Å². The summed E-state index contributed by atoms with van der Waals surface area (Å²) in [7, 11) is 0. The van der Waals surface area contributed by atoms with E-state index in [1.807, 2.05) is 0 Å². The maximum absolute atomic E-state index is 12.2. The Bertz CT molecular complexity index is 145. The summed E-state index contributed by atoms with van der Waals surface area (Å²) in [5.41, 5.74) is 0. The molecule has 0 amide bonds. The van der Waals surface area contributed by atoms with Crippen molar-refractivity contribution >= 4 is 0 Å². The standard InChI is InChI=1S/C9H17FN2/c10-3-5-12-6-4-11-7-9(12)8-1-2-8/h8-9,11H,1-7H2. The molecule has 1 atom stereocenters. The lowest BCUT2D eigenvalue weighted by Gasteiger charge is -2.35. The summed E-state index contributed by atoms with van der Waals surface area (Å²) in [4.78, 5) is 2.31. The van der Waals surface area contributed by atoms with Crippen LogP contribution in [-0.2, 0) is 0 Å². The Balaban J connectivity index is 1.87. The highest BCUT2D eigenvalue weighted by atomic mass is 19.1. The Kier molecular flexibility index (Phi) is 2.61. The van der Waals surface area contributed by atoms with Crippen LogP contribution in [0.1, 0.15) is 12.8 Å². The van der Waals surface area contributed by atoms with E-state index < -0.39 is 0 Å². The van der Waals surface area contributed by atoms with Gasteiger partial charge in [-0.15, -0.1) is 0 Å². The summed E-state index contributed by atoms with van der Waals surface area (Å²) in [5, 5.41) is 3.38. The highest BCUT2D eigenvalue weighted by Gasteiger charge is 2.35. The lowest BCUT2D eigenvalue weighted by Crippen LogP contribution is -2.52. The molecular weight excluding hydrogens is 155 g/mol. The molecule has 2 fully saturated rings. The zero-order chi connectivity index (χ0) is 8.39. The lowest BCUT2D eigenvalue weighted by molar-refractivity contribution is 0.134. The number of alkyl halides is 1. The van der Waals surface area contributed by atoms with E-state index in [1.54, 1.807) is 0 Å². The SMILES string of the molecule is FCCN1CCNCC1C1CC1. The third-order valence-electron chi connectivity index (χ3n) is 2.94. The van der Waals surface area contributed by atoms with Gasteiger partial charge in [-0.25, -0.2) is 4.39 Å². The molecule has 1 saturated heterocycles. The van der Waals surface area contributed by atoms with Crippen LogP contribution in [-0.4, -0.2) is 43.8 Å². The summed E-state index contributed by atoms with van der Waals surface area (Å²) < 4.78 is 12.2. The third-order valence-corrected chi connectivity index (χ3v) is 2.94. The zero-order valence-electron chi connectivity index (χ0n) is 7.43. The fourth-order valence-electron chi connectivity index (χ4n) is 2.10. The highest BCUT2D eigenvalue weighted by Crippen LogP contribution is 2.35. The second-order valence-corrected chi connectivity index (χ2v) is 3.83. The van der Waals surface area contributed by atoms with Crippen molar-refractivity contribution < 1.29 is 4.39 Å². The van der Waals surface area contributed by atoms with Gasteiger partial charge in [0.25, 0.3) is 0 Å². The van der Waals surface area contributed by atoms with Crippen LogP contribution in [0.4, 0.5) is 4.39 Å². The van der Waals surface area contributed by atoms with Gasteiger partial charge in [-0.05, 0) is 18.8 Å². The number of rotatable bonds is 3. The average Bonchev–Trinajstić information content (AvgIpc) is 2.89. The van der Waals surface area contributed by atoms with E-state index in [9.17, 15) is 4.39 Å². The molecule has 0 radical (unpaired) electrons. The van der Waals surface area contributed by atoms with E-state index in [0.717, 1.165) is 25.6 Å². The first-order valence-corrected chi connectivity index (χ1v) is 4.92. The van der Waals surface area contributed by atoms with Crippen molar-refractivity contribution in [2.75, 3.05) is 32.9 Å². The van der Waals surface area contributed by atoms with Gasteiger partial charge in [0.15, 0.2) is 0 Å². The van der Waals surface area contributed by atoms with Crippen LogP contribution >= 0.6 is 0 Å². The molecule has 1 saturated carbocycles. The molecule has 1 aliphatic carbocycles. The molecule has 1 heterocycles. The second-order valence-electron chi connectivity index (χ2n) is 3.83. The minimum absolute atomic E-state index is 0.191. The van der Waals surface area contributed by atoms with E-state index in [4.69, 9.17) is 0 Å². The zero-order valence-corrected chi connectivity index (χ0v) is 7.43. The molecule has 0 spiro atoms.